The van der Waals surface area contributed by atoms with E-state index in [1.807, 2.05) is 18.3 Å². The summed E-state index contributed by atoms with van der Waals surface area (Å²) < 4.78 is 0. The van der Waals surface area contributed by atoms with Gasteiger partial charge in [0.2, 0.25) is 0 Å². The normalized spacial score (nSPS) is 9.43. The Hall–Kier alpha value is -3.06. The van der Waals surface area contributed by atoms with Crippen molar-refractivity contribution in [3.63, 3.8) is 0 Å². The number of nitrogens with one attached hydrogen (secondary N) is 2. The molecule has 0 aliphatic carbocycles. The van der Waals surface area contributed by atoms with Gasteiger partial charge in [0, 0.05) is 24.6 Å². The minimum atomic E-state index is 0.465. The molecule has 0 saturated carbocycles. The molecule has 0 unspecified atom stereocenters. The summed E-state index contributed by atoms with van der Waals surface area (Å²) in [6, 6.07) is 17.6. The molecule has 3 rings (SSSR count). The largest absolute Gasteiger partial charge is 0.379 e. The summed E-state index contributed by atoms with van der Waals surface area (Å²) in [6.45, 7) is 5.07. The summed E-state index contributed by atoms with van der Waals surface area (Å²) in [5.74, 6) is 0. The highest BCUT2D eigenvalue weighted by Crippen LogP contribution is 2.19. The summed E-state index contributed by atoms with van der Waals surface area (Å²) in [6.07, 6.45) is 3.63. The van der Waals surface area contributed by atoms with Crippen LogP contribution in [0.2, 0.25) is 0 Å². The number of pyridine rings is 1. The third kappa shape index (κ3) is 5.01. The fourth-order valence-electron chi connectivity index (χ4n) is 2.14. The first-order valence-corrected chi connectivity index (χ1v) is 7.44. The number of nitriles is 1. The first-order valence-electron chi connectivity index (χ1n) is 7.44. The Bertz CT molecular complexity index is 736. The van der Waals surface area contributed by atoms with Gasteiger partial charge in [0.25, 0.3) is 0 Å². The molecular weight excluding hydrogens is 284 g/mol. The van der Waals surface area contributed by atoms with E-state index in [0.29, 0.717) is 5.69 Å². The van der Waals surface area contributed by atoms with Crippen molar-refractivity contribution < 1.29 is 0 Å². The number of H-pyrrole nitrogens is 1. The van der Waals surface area contributed by atoms with E-state index >= 15 is 0 Å². The maximum Gasteiger partial charge on any atom is 0.140 e. The van der Waals surface area contributed by atoms with Gasteiger partial charge in [-0.2, -0.15) is 5.26 Å². The fourth-order valence-corrected chi connectivity index (χ4v) is 2.14. The van der Waals surface area contributed by atoms with Crippen LogP contribution < -0.4 is 5.32 Å². The monoisotopic (exact) mass is 304 g/mol. The zero-order valence-corrected chi connectivity index (χ0v) is 13.4. The molecule has 4 nitrogen and oxygen atoms in total. The first-order chi connectivity index (χ1) is 11.2. The third-order valence-corrected chi connectivity index (χ3v) is 3.37. The Kier molecular flexibility index (Phi) is 5.96. The van der Waals surface area contributed by atoms with Gasteiger partial charge in [-0.1, -0.05) is 36.4 Å². The van der Waals surface area contributed by atoms with Crippen molar-refractivity contribution in [1.29, 1.82) is 5.26 Å². The first kappa shape index (κ1) is 16.3. The van der Waals surface area contributed by atoms with Crippen LogP contribution in [0.4, 0.5) is 5.69 Å². The lowest BCUT2D eigenvalue weighted by atomic mass is 10.2. The molecule has 0 fully saturated rings. The highest BCUT2D eigenvalue weighted by molar-refractivity contribution is 5.54. The highest BCUT2D eigenvalue weighted by Gasteiger charge is 2.02. The smallest absolute Gasteiger partial charge is 0.140 e. The van der Waals surface area contributed by atoms with Crippen LogP contribution in [-0.4, -0.2) is 9.97 Å². The van der Waals surface area contributed by atoms with Gasteiger partial charge < -0.3 is 10.3 Å². The molecule has 0 aliphatic heterocycles. The number of aryl methyl sites for hydroxylation is 2. The van der Waals surface area contributed by atoms with E-state index in [4.69, 9.17) is 5.26 Å². The number of benzene rings is 1. The second-order valence-corrected chi connectivity index (χ2v) is 5.14. The maximum atomic E-state index is 8.23. The van der Waals surface area contributed by atoms with Crippen LogP contribution in [0.5, 0.6) is 0 Å². The van der Waals surface area contributed by atoms with E-state index in [1.165, 1.54) is 22.5 Å². The van der Waals surface area contributed by atoms with Gasteiger partial charge in [0.1, 0.15) is 11.8 Å². The topological polar surface area (TPSA) is 64.5 Å². The van der Waals surface area contributed by atoms with Crippen molar-refractivity contribution in [2.45, 2.75) is 20.4 Å². The number of aromatic nitrogens is 2. The molecular formula is C19H20N4. The number of aromatic amines is 1. The molecule has 0 atom stereocenters. The second kappa shape index (κ2) is 8.40. The second-order valence-electron chi connectivity index (χ2n) is 5.14. The maximum absolute atomic E-state index is 8.23. The van der Waals surface area contributed by atoms with Crippen molar-refractivity contribution in [2.24, 2.45) is 0 Å². The predicted octanol–water partition coefficient (Wildman–Crippen LogP) is 4.20. The van der Waals surface area contributed by atoms with Gasteiger partial charge >= 0.3 is 0 Å². The van der Waals surface area contributed by atoms with Crippen molar-refractivity contribution in [3.8, 4) is 6.07 Å². The summed E-state index contributed by atoms with van der Waals surface area (Å²) in [7, 11) is 0. The highest BCUT2D eigenvalue weighted by atomic mass is 14.9. The Morgan fingerprint density at radius 1 is 1.09 bits per heavy atom. The zero-order chi connectivity index (χ0) is 16.5. The molecule has 116 valence electrons. The molecule has 4 heteroatoms. The van der Waals surface area contributed by atoms with Gasteiger partial charge in [0.05, 0.1) is 5.69 Å². The van der Waals surface area contributed by atoms with Crippen LogP contribution in [0.1, 0.15) is 22.5 Å². The Labute approximate surface area is 136 Å². The third-order valence-electron chi connectivity index (χ3n) is 3.37. The standard InChI is InChI=1S/C13H16N2.C6H4N2/c1-10-8-14-11(2)13(10)15-9-12-6-4-3-5-7-12;7-5-6-3-1-2-4-8-6/h3-8,14-15H,9H2,1-2H3;1-4H. The summed E-state index contributed by atoms with van der Waals surface area (Å²) in [5.41, 5.74) is 5.45. The van der Waals surface area contributed by atoms with E-state index < -0.39 is 0 Å². The molecule has 0 bridgehead atoms. The van der Waals surface area contributed by atoms with Gasteiger partial charge in [-0.25, -0.2) is 4.98 Å². The van der Waals surface area contributed by atoms with Gasteiger partial charge in [-0.3, -0.25) is 0 Å². The lowest BCUT2D eigenvalue weighted by Gasteiger charge is -2.07. The van der Waals surface area contributed by atoms with Crippen molar-refractivity contribution in [1.82, 2.24) is 9.97 Å². The van der Waals surface area contributed by atoms with Gasteiger partial charge in [-0.15, -0.1) is 0 Å². The Morgan fingerprint density at radius 2 is 1.83 bits per heavy atom. The van der Waals surface area contributed by atoms with E-state index in [9.17, 15) is 0 Å². The zero-order valence-electron chi connectivity index (χ0n) is 13.4. The Balaban J connectivity index is 0.000000203. The van der Waals surface area contributed by atoms with Crippen molar-refractivity contribution in [2.75, 3.05) is 5.32 Å². The molecule has 0 spiro atoms. The number of hydrogen-bond donors (Lipinski definition) is 2. The number of nitrogens with zero attached hydrogens (tertiary/aromatic N) is 2. The predicted molar refractivity (Wildman–Crippen MR) is 93.0 cm³/mol. The molecule has 2 heterocycles. The summed E-state index contributed by atoms with van der Waals surface area (Å²) in [5, 5.41) is 11.7. The van der Waals surface area contributed by atoms with Gasteiger partial charge in [-0.05, 0) is 37.1 Å². The molecule has 0 aliphatic rings. The van der Waals surface area contributed by atoms with E-state index in [1.54, 1.807) is 24.4 Å². The van der Waals surface area contributed by atoms with Crippen molar-refractivity contribution in [3.05, 3.63) is 83.4 Å². The Morgan fingerprint density at radius 3 is 2.35 bits per heavy atom. The lowest BCUT2D eigenvalue weighted by molar-refractivity contribution is 1.13. The molecule has 2 N–H and O–H groups in total. The SMILES string of the molecule is Cc1c[nH]c(C)c1NCc1ccccc1.N#Cc1ccccn1. The molecule has 0 saturated heterocycles. The fraction of sp³-hybridized carbons (Fsp3) is 0.158. The summed E-state index contributed by atoms with van der Waals surface area (Å²) >= 11 is 0. The lowest BCUT2D eigenvalue weighted by Crippen LogP contribution is -2.00. The van der Waals surface area contributed by atoms with Crippen LogP contribution in [0.15, 0.2) is 60.9 Å². The molecule has 2 aromatic heterocycles. The van der Waals surface area contributed by atoms with Crippen LogP contribution in [0.25, 0.3) is 0 Å². The average molecular weight is 304 g/mol. The molecule has 23 heavy (non-hydrogen) atoms. The van der Waals surface area contributed by atoms with Crippen LogP contribution in [0, 0.1) is 25.2 Å². The number of anilines is 1. The molecule has 0 amide bonds. The number of hydrogen-bond acceptors (Lipinski definition) is 3. The van der Waals surface area contributed by atoms with Crippen LogP contribution in [-0.2, 0) is 6.54 Å². The average Bonchev–Trinajstić information content (AvgIpc) is 2.93. The van der Waals surface area contributed by atoms with E-state index in [-0.39, 0.29) is 0 Å². The van der Waals surface area contributed by atoms with E-state index in [0.717, 1.165) is 6.54 Å². The van der Waals surface area contributed by atoms with Crippen molar-refractivity contribution >= 4 is 5.69 Å². The molecule has 0 radical (unpaired) electrons. The van der Waals surface area contributed by atoms with Crippen LogP contribution in [0.3, 0.4) is 0 Å². The van der Waals surface area contributed by atoms with Crippen LogP contribution >= 0.6 is 0 Å². The molecule has 3 aromatic rings. The minimum Gasteiger partial charge on any atom is -0.379 e. The van der Waals surface area contributed by atoms with Gasteiger partial charge in [0.15, 0.2) is 0 Å². The quantitative estimate of drug-likeness (QED) is 0.762. The number of rotatable bonds is 3. The van der Waals surface area contributed by atoms with E-state index in [2.05, 4.69) is 53.4 Å². The minimum absolute atomic E-state index is 0.465. The summed E-state index contributed by atoms with van der Waals surface area (Å²) in [4.78, 5) is 6.95. The molecule has 1 aromatic carbocycles.